The molecule has 1 aliphatic heterocycles. The Labute approximate surface area is 73.3 Å². The minimum Gasteiger partial charge on any atom is -0.271 e. The molecule has 3 N–H and O–H groups in total. The molecule has 2 unspecified atom stereocenters. The van der Waals surface area contributed by atoms with Crippen molar-refractivity contribution in [2.45, 2.75) is 26.3 Å². The average Bonchev–Trinajstić information content (AvgIpc) is 2.40. The molecule has 0 aliphatic carbocycles. The molecule has 2 nitrogen and oxygen atoms in total. The van der Waals surface area contributed by atoms with Crippen LogP contribution in [0.25, 0.3) is 0 Å². The van der Waals surface area contributed by atoms with Gasteiger partial charge in [-0.15, -0.1) is 0 Å². The smallest absolute Gasteiger partial charge is 0.0269 e. The zero-order valence-electron chi connectivity index (χ0n) is 7.34. The van der Waals surface area contributed by atoms with E-state index in [1.165, 1.54) is 17.9 Å². The van der Waals surface area contributed by atoms with E-state index in [1.807, 2.05) is 11.8 Å². The van der Waals surface area contributed by atoms with Crippen molar-refractivity contribution in [1.29, 1.82) is 0 Å². The molecule has 3 heteroatoms. The van der Waals surface area contributed by atoms with Crippen molar-refractivity contribution in [3.8, 4) is 0 Å². The average molecular weight is 174 g/mol. The molecular formula is C8H18N2S. The van der Waals surface area contributed by atoms with E-state index in [9.17, 15) is 0 Å². The molecule has 0 amide bonds. The van der Waals surface area contributed by atoms with Gasteiger partial charge in [-0.1, -0.05) is 13.8 Å². The molecule has 0 radical (unpaired) electrons. The lowest BCUT2D eigenvalue weighted by Gasteiger charge is -2.25. The van der Waals surface area contributed by atoms with Crippen LogP contribution in [0.2, 0.25) is 0 Å². The lowest BCUT2D eigenvalue weighted by Crippen LogP contribution is -2.44. The Balaban J connectivity index is 2.40. The summed E-state index contributed by atoms with van der Waals surface area (Å²) in [5.41, 5.74) is 2.93. The predicted molar refractivity (Wildman–Crippen MR) is 51.4 cm³/mol. The summed E-state index contributed by atoms with van der Waals surface area (Å²) in [4.78, 5) is 0. The van der Waals surface area contributed by atoms with Crippen LogP contribution in [-0.4, -0.2) is 17.5 Å². The summed E-state index contributed by atoms with van der Waals surface area (Å²) in [6, 6.07) is 0.519. The molecule has 0 spiro atoms. The highest BCUT2D eigenvalue weighted by Gasteiger charge is 2.26. The standard InChI is InChI=1S/C8H18N2S/c1-6(2)8(10-9)7-3-4-11-5-7/h6-8,10H,3-5,9H2,1-2H3. The van der Waals surface area contributed by atoms with Crippen LogP contribution in [0.5, 0.6) is 0 Å². The van der Waals surface area contributed by atoms with E-state index in [2.05, 4.69) is 19.3 Å². The molecule has 0 aromatic heterocycles. The van der Waals surface area contributed by atoms with E-state index >= 15 is 0 Å². The molecule has 0 saturated carbocycles. The van der Waals surface area contributed by atoms with E-state index in [4.69, 9.17) is 5.84 Å². The Bertz CT molecular complexity index is 111. The van der Waals surface area contributed by atoms with Crippen molar-refractivity contribution >= 4 is 11.8 Å². The van der Waals surface area contributed by atoms with Crippen molar-refractivity contribution < 1.29 is 0 Å². The van der Waals surface area contributed by atoms with Crippen molar-refractivity contribution in [1.82, 2.24) is 5.43 Å². The van der Waals surface area contributed by atoms with Gasteiger partial charge in [0.15, 0.2) is 0 Å². The Hall–Kier alpha value is 0.270. The largest absolute Gasteiger partial charge is 0.271 e. The second-order valence-electron chi connectivity index (χ2n) is 3.56. The minimum absolute atomic E-state index is 0.519. The first-order valence-corrected chi connectivity index (χ1v) is 5.45. The summed E-state index contributed by atoms with van der Waals surface area (Å²) < 4.78 is 0. The van der Waals surface area contributed by atoms with Crippen LogP contribution in [0, 0.1) is 11.8 Å². The van der Waals surface area contributed by atoms with Gasteiger partial charge in [0.1, 0.15) is 0 Å². The molecule has 2 atom stereocenters. The van der Waals surface area contributed by atoms with E-state index in [-0.39, 0.29) is 0 Å². The number of hydrogen-bond acceptors (Lipinski definition) is 3. The second-order valence-corrected chi connectivity index (χ2v) is 4.71. The van der Waals surface area contributed by atoms with Gasteiger partial charge < -0.3 is 0 Å². The highest BCUT2D eigenvalue weighted by atomic mass is 32.2. The maximum Gasteiger partial charge on any atom is 0.0269 e. The summed E-state index contributed by atoms with van der Waals surface area (Å²) in [7, 11) is 0. The molecule has 1 saturated heterocycles. The summed E-state index contributed by atoms with van der Waals surface area (Å²) in [6.07, 6.45) is 1.33. The monoisotopic (exact) mass is 174 g/mol. The highest BCUT2D eigenvalue weighted by molar-refractivity contribution is 7.99. The normalized spacial score (nSPS) is 27.8. The van der Waals surface area contributed by atoms with Gasteiger partial charge in [-0.3, -0.25) is 11.3 Å². The fraction of sp³-hybridized carbons (Fsp3) is 1.00. The Kier molecular flexibility index (Phi) is 3.69. The van der Waals surface area contributed by atoms with Crippen molar-refractivity contribution in [2.24, 2.45) is 17.7 Å². The maximum atomic E-state index is 5.49. The Morgan fingerprint density at radius 2 is 2.27 bits per heavy atom. The molecule has 0 bridgehead atoms. The first kappa shape index (κ1) is 9.36. The maximum absolute atomic E-state index is 5.49. The second kappa shape index (κ2) is 4.33. The number of rotatable bonds is 3. The molecular weight excluding hydrogens is 156 g/mol. The van der Waals surface area contributed by atoms with Crippen molar-refractivity contribution in [2.75, 3.05) is 11.5 Å². The van der Waals surface area contributed by atoms with Gasteiger partial charge in [-0.2, -0.15) is 11.8 Å². The van der Waals surface area contributed by atoms with Crippen LogP contribution >= 0.6 is 11.8 Å². The fourth-order valence-corrected chi connectivity index (χ4v) is 3.02. The number of hydrogen-bond donors (Lipinski definition) is 2. The summed E-state index contributed by atoms with van der Waals surface area (Å²) in [6.45, 7) is 4.46. The van der Waals surface area contributed by atoms with Crippen LogP contribution in [0.3, 0.4) is 0 Å². The molecule has 0 aromatic rings. The van der Waals surface area contributed by atoms with E-state index < -0.39 is 0 Å². The van der Waals surface area contributed by atoms with Crippen molar-refractivity contribution in [3.05, 3.63) is 0 Å². The first-order chi connectivity index (χ1) is 5.25. The van der Waals surface area contributed by atoms with Crippen LogP contribution in [0.15, 0.2) is 0 Å². The van der Waals surface area contributed by atoms with Gasteiger partial charge in [0.05, 0.1) is 0 Å². The van der Waals surface area contributed by atoms with Gasteiger partial charge in [0, 0.05) is 6.04 Å². The molecule has 0 aromatic carbocycles. The number of thioether (sulfide) groups is 1. The molecule has 1 aliphatic rings. The SMILES string of the molecule is CC(C)C(NN)C1CCSC1. The fourth-order valence-electron chi connectivity index (χ4n) is 1.71. The van der Waals surface area contributed by atoms with Crippen LogP contribution < -0.4 is 11.3 Å². The van der Waals surface area contributed by atoms with E-state index in [0.29, 0.717) is 12.0 Å². The quantitative estimate of drug-likeness (QED) is 0.499. The van der Waals surface area contributed by atoms with E-state index in [1.54, 1.807) is 0 Å². The lowest BCUT2D eigenvalue weighted by molar-refractivity contribution is 0.307. The Morgan fingerprint density at radius 1 is 1.55 bits per heavy atom. The van der Waals surface area contributed by atoms with Crippen molar-refractivity contribution in [3.63, 3.8) is 0 Å². The number of hydrazine groups is 1. The lowest BCUT2D eigenvalue weighted by atomic mass is 9.91. The summed E-state index contributed by atoms with van der Waals surface area (Å²) in [5, 5.41) is 0. The summed E-state index contributed by atoms with van der Waals surface area (Å²) in [5.74, 6) is 9.55. The highest BCUT2D eigenvalue weighted by Crippen LogP contribution is 2.28. The predicted octanol–water partition coefficient (Wildman–Crippen LogP) is 1.23. The topological polar surface area (TPSA) is 38.0 Å². The van der Waals surface area contributed by atoms with Gasteiger partial charge in [0.25, 0.3) is 0 Å². The zero-order valence-corrected chi connectivity index (χ0v) is 8.16. The zero-order chi connectivity index (χ0) is 8.27. The third kappa shape index (κ3) is 2.36. The minimum atomic E-state index is 0.519. The third-order valence-corrected chi connectivity index (χ3v) is 3.57. The molecule has 66 valence electrons. The van der Waals surface area contributed by atoms with Gasteiger partial charge in [-0.25, -0.2) is 0 Å². The Morgan fingerprint density at radius 3 is 2.64 bits per heavy atom. The molecule has 1 heterocycles. The van der Waals surface area contributed by atoms with Crippen LogP contribution in [0.1, 0.15) is 20.3 Å². The third-order valence-electron chi connectivity index (χ3n) is 2.38. The first-order valence-electron chi connectivity index (χ1n) is 4.29. The molecule has 11 heavy (non-hydrogen) atoms. The van der Waals surface area contributed by atoms with Gasteiger partial charge in [0.2, 0.25) is 0 Å². The number of nitrogens with one attached hydrogen (secondary N) is 1. The molecule has 1 fully saturated rings. The van der Waals surface area contributed by atoms with Crippen LogP contribution in [-0.2, 0) is 0 Å². The molecule has 1 rings (SSSR count). The van der Waals surface area contributed by atoms with Gasteiger partial charge >= 0.3 is 0 Å². The van der Waals surface area contributed by atoms with E-state index in [0.717, 1.165) is 5.92 Å². The van der Waals surface area contributed by atoms with Gasteiger partial charge in [-0.05, 0) is 29.8 Å². The van der Waals surface area contributed by atoms with Crippen LogP contribution in [0.4, 0.5) is 0 Å². The number of nitrogens with two attached hydrogens (primary N) is 1. The summed E-state index contributed by atoms with van der Waals surface area (Å²) >= 11 is 2.05.